The molecule has 0 aromatic heterocycles. The highest BCUT2D eigenvalue weighted by molar-refractivity contribution is 6.33. The Bertz CT molecular complexity index is 712. The van der Waals surface area contributed by atoms with E-state index in [9.17, 15) is 13.6 Å². The molecule has 2 aromatic carbocycles. The minimum absolute atomic E-state index is 0.0236. The molecule has 0 fully saturated rings. The molecule has 0 heterocycles. The van der Waals surface area contributed by atoms with Crippen LogP contribution in [-0.2, 0) is 4.84 Å². The van der Waals surface area contributed by atoms with Crippen molar-refractivity contribution in [2.24, 2.45) is 0 Å². The van der Waals surface area contributed by atoms with Crippen LogP contribution in [0.1, 0.15) is 29.8 Å². The molecule has 0 atom stereocenters. The van der Waals surface area contributed by atoms with Crippen molar-refractivity contribution >= 4 is 29.3 Å². The molecular weight excluding hydrogens is 378 g/mol. The highest BCUT2D eigenvalue weighted by atomic mass is 35.5. The van der Waals surface area contributed by atoms with Gasteiger partial charge in [0.2, 0.25) is 0 Å². The Morgan fingerprint density at radius 3 is 2.37 bits per heavy atom. The number of rotatable bonds is 6. The zero-order valence-electron chi connectivity index (χ0n) is 15.8. The lowest BCUT2D eigenvalue weighted by Gasteiger charge is -2.12. The fourth-order valence-corrected chi connectivity index (χ4v) is 2.08. The molecule has 0 saturated heterocycles. The van der Waals surface area contributed by atoms with Gasteiger partial charge in [-0.15, -0.1) is 0 Å². The van der Waals surface area contributed by atoms with Crippen molar-refractivity contribution in [2.45, 2.75) is 20.8 Å². The van der Waals surface area contributed by atoms with Crippen LogP contribution in [0.2, 0.25) is 5.02 Å². The summed E-state index contributed by atoms with van der Waals surface area (Å²) < 4.78 is 26.9. The SMILES string of the molecule is CC.CNOCCO.Cc1ccc(Nc2c(C=O)ccc(F)c2F)c(Cl)c1. The Morgan fingerprint density at radius 1 is 1.22 bits per heavy atom. The maximum Gasteiger partial charge on any atom is 0.182 e. The number of aryl methyl sites for hydroxylation is 1. The largest absolute Gasteiger partial charge is 0.394 e. The summed E-state index contributed by atoms with van der Waals surface area (Å²) in [5.74, 6) is -2.14. The number of aliphatic hydroxyl groups excluding tert-OH is 1. The number of hydrogen-bond donors (Lipinski definition) is 3. The molecule has 0 aliphatic carbocycles. The second-order valence-corrected chi connectivity index (χ2v) is 5.24. The standard InChI is InChI=1S/C14H10ClF2NO.C3H9NO2.C2H6/c1-8-2-5-12(10(15)6-8)18-14-9(7-19)3-4-11(16)13(14)17;1-4-6-3-2-5;1-2/h2-7,18H,1H3;4-5H,2-3H2,1H3;1-2H3. The van der Waals surface area contributed by atoms with Crippen LogP contribution in [0.5, 0.6) is 0 Å². The number of anilines is 2. The number of aliphatic hydroxyl groups is 1. The summed E-state index contributed by atoms with van der Waals surface area (Å²) >= 11 is 6.00. The number of hydroxylamine groups is 1. The van der Waals surface area contributed by atoms with Crippen molar-refractivity contribution < 1.29 is 23.5 Å². The maximum absolute atomic E-state index is 13.7. The van der Waals surface area contributed by atoms with Gasteiger partial charge in [-0.05, 0) is 36.8 Å². The van der Waals surface area contributed by atoms with E-state index in [1.54, 1.807) is 25.2 Å². The van der Waals surface area contributed by atoms with Gasteiger partial charge in [-0.25, -0.2) is 14.3 Å². The first-order valence-corrected chi connectivity index (χ1v) is 8.68. The molecule has 0 amide bonds. The molecule has 0 bridgehead atoms. The first-order chi connectivity index (χ1) is 12.9. The Hall–Kier alpha value is -2.06. The predicted octanol–water partition coefficient (Wildman–Crippen LogP) is 4.64. The number of hydrogen-bond acceptors (Lipinski definition) is 5. The van der Waals surface area contributed by atoms with E-state index in [1.165, 1.54) is 6.07 Å². The van der Waals surface area contributed by atoms with Gasteiger partial charge in [0.1, 0.15) is 0 Å². The molecule has 2 aromatic rings. The van der Waals surface area contributed by atoms with E-state index in [0.29, 0.717) is 23.6 Å². The molecule has 0 radical (unpaired) electrons. The topological polar surface area (TPSA) is 70.6 Å². The summed E-state index contributed by atoms with van der Waals surface area (Å²) in [7, 11) is 1.65. The molecule has 8 heteroatoms. The van der Waals surface area contributed by atoms with Crippen molar-refractivity contribution in [2.75, 3.05) is 25.6 Å². The van der Waals surface area contributed by atoms with Gasteiger partial charge in [-0.1, -0.05) is 31.5 Å². The van der Waals surface area contributed by atoms with E-state index in [-0.39, 0.29) is 17.9 Å². The molecule has 150 valence electrons. The number of benzene rings is 2. The first-order valence-electron chi connectivity index (χ1n) is 8.30. The summed E-state index contributed by atoms with van der Waals surface area (Å²) in [6.45, 7) is 6.28. The minimum atomic E-state index is -1.11. The lowest BCUT2D eigenvalue weighted by atomic mass is 10.1. The predicted molar refractivity (Wildman–Crippen MR) is 105 cm³/mol. The van der Waals surface area contributed by atoms with Gasteiger partial charge in [-0.2, -0.15) is 0 Å². The van der Waals surface area contributed by atoms with E-state index in [2.05, 4.69) is 15.6 Å². The highest BCUT2D eigenvalue weighted by Gasteiger charge is 2.14. The Morgan fingerprint density at radius 2 is 1.89 bits per heavy atom. The number of carbonyl (C=O) groups excluding carboxylic acids is 1. The van der Waals surface area contributed by atoms with Gasteiger partial charge in [0, 0.05) is 12.6 Å². The summed E-state index contributed by atoms with van der Waals surface area (Å²) in [6, 6.07) is 7.20. The summed E-state index contributed by atoms with van der Waals surface area (Å²) in [6.07, 6.45) is 0.451. The number of halogens is 3. The van der Waals surface area contributed by atoms with Crippen LogP contribution in [0.3, 0.4) is 0 Å². The molecule has 3 N–H and O–H groups in total. The van der Waals surface area contributed by atoms with Crippen LogP contribution < -0.4 is 10.8 Å². The third-order valence-electron chi connectivity index (χ3n) is 2.98. The Balaban J connectivity index is 0.000000722. The average molecular weight is 403 g/mol. The molecule has 2 rings (SSSR count). The second kappa shape index (κ2) is 14.1. The molecule has 0 aliphatic rings. The van der Waals surface area contributed by atoms with Gasteiger partial charge in [0.25, 0.3) is 0 Å². The van der Waals surface area contributed by atoms with Crippen LogP contribution >= 0.6 is 11.6 Å². The van der Waals surface area contributed by atoms with Gasteiger partial charge in [0.15, 0.2) is 17.9 Å². The fraction of sp³-hybridized carbons (Fsp3) is 0.316. The summed E-state index contributed by atoms with van der Waals surface area (Å²) in [5, 5.41) is 11.0. The van der Waals surface area contributed by atoms with E-state index in [1.807, 2.05) is 20.8 Å². The number of aldehydes is 1. The zero-order valence-corrected chi connectivity index (χ0v) is 16.5. The third kappa shape index (κ3) is 8.45. The van der Waals surface area contributed by atoms with E-state index in [0.717, 1.165) is 11.6 Å². The van der Waals surface area contributed by atoms with Gasteiger partial charge in [0.05, 0.1) is 29.6 Å². The van der Waals surface area contributed by atoms with E-state index in [4.69, 9.17) is 16.7 Å². The maximum atomic E-state index is 13.7. The van der Waals surface area contributed by atoms with Crippen LogP contribution in [-0.4, -0.2) is 31.7 Å². The molecule has 0 spiro atoms. The lowest BCUT2D eigenvalue weighted by molar-refractivity contribution is 0.0314. The van der Waals surface area contributed by atoms with Gasteiger partial charge in [-0.3, -0.25) is 9.63 Å². The fourth-order valence-electron chi connectivity index (χ4n) is 1.79. The second-order valence-electron chi connectivity index (χ2n) is 4.83. The number of nitrogens with one attached hydrogen (secondary N) is 2. The molecule has 0 saturated carbocycles. The first kappa shape index (κ1) is 24.9. The van der Waals surface area contributed by atoms with Crippen molar-refractivity contribution in [3.63, 3.8) is 0 Å². The van der Waals surface area contributed by atoms with Crippen LogP contribution in [0.4, 0.5) is 20.2 Å². The lowest BCUT2D eigenvalue weighted by Crippen LogP contribution is -2.10. The zero-order chi connectivity index (χ0) is 20.8. The normalized spacial score (nSPS) is 9.48. The van der Waals surface area contributed by atoms with Crippen LogP contribution in [0.15, 0.2) is 30.3 Å². The van der Waals surface area contributed by atoms with Gasteiger partial charge < -0.3 is 10.4 Å². The average Bonchev–Trinajstić information content (AvgIpc) is 2.68. The third-order valence-corrected chi connectivity index (χ3v) is 3.29. The van der Waals surface area contributed by atoms with Crippen molar-refractivity contribution in [3.05, 3.63) is 58.1 Å². The molecule has 5 nitrogen and oxygen atoms in total. The minimum Gasteiger partial charge on any atom is -0.394 e. The molecule has 27 heavy (non-hydrogen) atoms. The Labute approximate surface area is 163 Å². The summed E-state index contributed by atoms with van der Waals surface area (Å²) in [4.78, 5) is 15.3. The van der Waals surface area contributed by atoms with Crippen molar-refractivity contribution in [1.82, 2.24) is 5.48 Å². The van der Waals surface area contributed by atoms with Crippen LogP contribution in [0, 0.1) is 18.6 Å². The molecule has 0 aliphatic heterocycles. The van der Waals surface area contributed by atoms with Crippen LogP contribution in [0.25, 0.3) is 0 Å². The summed E-state index contributed by atoms with van der Waals surface area (Å²) in [5.41, 5.74) is 3.55. The number of carbonyl (C=O) groups is 1. The van der Waals surface area contributed by atoms with E-state index >= 15 is 0 Å². The monoisotopic (exact) mass is 402 g/mol. The van der Waals surface area contributed by atoms with Crippen molar-refractivity contribution in [3.8, 4) is 0 Å². The quantitative estimate of drug-likeness (QED) is 0.373. The van der Waals surface area contributed by atoms with Gasteiger partial charge >= 0.3 is 0 Å². The van der Waals surface area contributed by atoms with E-state index < -0.39 is 11.6 Å². The smallest absolute Gasteiger partial charge is 0.182 e. The van der Waals surface area contributed by atoms with Crippen molar-refractivity contribution in [1.29, 1.82) is 0 Å². The molecular formula is C19H25ClF2N2O3. The molecule has 0 unspecified atom stereocenters. The Kier molecular flexibility index (Phi) is 13.0. The highest BCUT2D eigenvalue weighted by Crippen LogP contribution is 2.30.